The number of alkyl halides is 2. The number of hydrogen-bond acceptors (Lipinski definition) is 2. The van der Waals surface area contributed by atoms with Crippen LogP contribution in [0.2, 0.25) is 0 Å². The maximum Gasteiger partial charge on any atom is 0.262 e. The van der Waals surface area contributed by atoms with Crippen molar-refractivity contribution in [2.45, 2.75) is 35.7 Å². The van der Waals surface area contributed by atoms with Crippen molar-refractivity contribution in [3.05, 3.63) is 0 Å². The van der Waals surface area contributed by atoms with E-state index in [0.29, 0.717) is 6.54 Å². The summed E-state index contributed by atoms with van der Waals surface area (Å²) in [6.07, 6.45) is 1.85. The Morgan fingerprint density at radius 1 is 1.46 bits per heavy atom. The minimum absolute atomic E-state index is 0.170. The van der Waals surface area contributed by atoms with Crippen LogP contribution in [0.15, 0.2) is 0 Å². The first-order chi connectivity index (χ1) is 6.05. The van der Waals surface area contributed by atoms with Gasteiger partial charge in [0.1, 0.15) is 6.10 Å². The van der Waals surface area contributed by atoms with Crippen molar-refractivity contribution in [3.8, 4) is 0 Å². The number of aliphatic hydroxyl groups excluding tert-OH is 1. The topological polar surface area (TPSA) is 40.5 Å². The van der Waals surface area contributed by atoms with Gasteiger partial charge in [-0.25, -0.2) is 0 Å². The van der Waals surface area contributed by atoms with Gasteiger partial charge in [-0.2, -0.15) is 0 Å². The minimum Gasteiger partial charge on any atom is -0.387 e. The second-order valence-corrected chi connectivity index (χ2v) is 5.02. The smallest absolute Gasteiger partial charge is 0.262 e. The Morgan fingerprint density at radius 3 is 2.77 bits per heavy atom. The highest BCUT2D eigenvalue weighted by atomic mass is 35.5. The molecule has 5 heteroatoms. The highest BCUT2D eigenvalue weighted by Crippen LogP contribution is 2.41. The highest BCUT2D eigenvalue weighted by molar-refractivity contribution is 6.59. The summed E-state index contributed by atoms with van der Waals surface area (Å²) >= 11 is 11.5. The molecule has 2 fully saturated rings. The molecule has 0 unspecified atom stereocenters. The summed E-state index contributed by atoms with van der Waals surface area (Å²) in [6.45, 7) is 0.668. The third kappa shape index (κ3) is 1.25. The molecule has 1 amide bonds. The van der Waals surface area contributed by atoms with E-state index in [1.54, 1.807) is 4.90 Å². The summed E-state index contributed by atoms with van der Waals surface area (Å²) in [4.78, 5) is 13.2. The molecule has 2 atom stereocenters. The van der Waals surface area contributed by atoms with Gasteiger partial charge in [-0.15, -0.1) is 0 Å². The fraction of sp³-hybridized carbons (Fsp3) is 0.875. The van der Waals surface area contributed by atoms with Crippen LogP contribution in [0.4, 0.5) is 0 Å². The first kappa shape index (κ1) is 9.56. The number of hydrogen-bond donors (Lipinski definition) is 1. The zero-order valence-electron chi connectivity index (χ0n) is 7.04. The van der Waals surface area contributed by atoms with E-state index in [-0.39, 0.29) is 11.9 Å². The fourth-order valence-corrected chi connectivity index (χ4v) is 2.61. The minimum atomic E-state index is -1.62. The van der Waals surface area contributed by atoms with Crippen LogP contribution in [0.5, 0.6) is 0 Å². The second-order valence-electron chi connectivity index (χ2n) is 3.63. The van der Waals surface area contributed by atoms with Crippen LogP contribution in [0, 0.1) is 0 Å². The first-order valence-electron chi connectivity index (χ1n) is 4.42. The number of carbonyl (C=O) groups excluding carboxylic acids is 1. The number of halogens is 2. The molecule has 2 rings (SSSR count). The van der Waals surface area contributed by atoms with Crippen LogP contribution >= 0.6 is 23.2 Å². The van der Waals surface area contributed by atoms with Gasteiger partial charge < -0.3 is 10.0 Å². The lowest BCUT2D eigenvalue weighted by atomic mass is 10.0. The zero-order chi connectivity index (χ0) is 9.64. The molecule has 0 spiro atoms. The standard InChI is InChI=1S/C8H11Cl2NO2/c9-8(10)6(12)5-3-1-2-4-11(5)7(8)13/h5-6,12H,1-4H2/t5-,6-/m0/s1. The van der Waals surface area contributed by atoms with Crippen LogP contribution < -0.4 is 0 Å². The number of carbonyl (C=O) groups is 1. The lowest BCUT2D eigenvalue weighted by molar-refractivity contribution is -0.130. The van der Waals surface area contributed by atoms with Crippen molar-refractivity contribution in [3.63, 3.8) is 0 Å². The van der Waals surface area contributed by atoms with Crippen molar-refractivity contribution in [2.24, 2.45) is 0 Å². The van der Waals surface area contributed by atoms with E-state index in [1.165, 1.54) is 0 Å². The van der Waals surface area contributed by atoms with Gasteiger partial charge in [-0.05, 0) is 19.3 Å². The van der Waals surface area contributed by atoms with E-state index in [1.807, 2.05) is 0 Å². The molecule has 0 aliphatic carbocycles. The Morgan fingerprint density at radius 2 is 2.15 bits per heavy atom. The molecule has 13 heavy (non-hydrogen) atoms. The number of fused-ring (bicyclic) bond motifs is 1. The maximum atomic E-state index is 11.6. The average Bonchev–Trinajstić information content (AvgIpc) is 2.30. The van der Waals surface area contributed by atoms with E-state index >= 15 is 0 Å². The molecule has 3 nitrogen and oxygen atoms in total. The number of nitrogens with zero attached hydrogens (tertiary/aromatic N) is 1. The number of rotatable bonds is 0. The van der Waals surface area contributed by atoms with Crippen molar-refractivity contribution < 1.29 is 9.90 Å². The van der Waals surface area contributed by atoms with Gasteiger partial charge in [0, 0.05) is 6.54 Å². The maximum absolute atomic E-state index is 11.6. The Hall–Kier alpha value is 0.01000. The summed E-state index contributed by atoms with van der Waals surface area (Å²) in [5, 5.41) is 9.70. The normalized spacial score (nSPS) is 37.8. The Balaban J connectivity index is 2.28. The van der Waals surface area contributed by atoms with Crippen molar-refractivity contribution in [1.29, 1.82) is 0 Å². The highest BCUT2D eigenvalue weighted by Gasteiger charge is 2.57. The molecule has 2 aliphatic heterocycles. The van der Waals surface area contributed by atoms with Crippen LogP contribution in [-0.2, 0) is 4.79 Å². The number of amides is 1. The van der Waals surface area contributed by atoms with Gasteiger partial charge in [-0.1, -0.05) is 23.2 Å². The second kappa shape index (κ2) is 3.01. The summed E-state index contributed by atoms with van der Waals surface area (Å²) in [5.41, 5.74) is 0. The molecule has 0 aromatic rings. The van der Waals surface area contributed by atoms with E-state index in [2.05, 4.69) is 0 Å². The lowest BCUT2D eigenvalue weighted by Gasteiger charge is -2.30. The van der Waals surface area contributed by atoms with Crippen molar-refractivity contribution in [2.75, 3.05) is 6.54 Å². The first-order valence-corrected chi connectivity index (χ1v) is 5.17. The molecule has 2 heterocycles. The number of aliphatic hydroxyl groups is 1. The van der Waals surface area contributed by atoms with Gasteiger partial charge in [0.15, 0.2) is 0 Å². The van der Waals surface area contributed by atoms with E-state index in [0.717, 1.165) is 19.3 Å². The predicted octanol–water partition coefficient (Wildman–Crippen LogP) is 0.916. The average molecular weight is 224 g/mol. The molecule has 2 aliphatic rings. The summed E-state index contributed by atoms with van der Waals surface area (Å²) < 4.78 is -1.62. The molecule has 74 valence electrons. The fourth-order valence-electron chi connectivity index (χ4n) is 2.10. The van der Waals surface area contributed by atoms with Crippen LogP contribution in [0.1, 0.15) is 19.3 Å². The molecule has 1 N–H and O–H groups in total. The van der Waals surface area contributed by atoms with Gasteiger partial charge in [-0.3, -0.25) is 4.79 Å². The summed E-state index contributed by atoms with van der Waals surface area (Å²) in [5.74, 6) is -0.340. The lowest BCUT2D eigenvalue weighted by Crippen LogP contribution is -2.40. The molecular weight excluding hydrogens is 213 g/mol. The van der Waals surface area contributed by atoms with Gasteiger partial charge >= 0.3 is 0 Å². The Kier molecular flexibility index (Phi) is 2.21. The van der Waals surface area contributed by atoms with Crippen LogP contribution in [0.3, 0.4) is 0 Å². The number of piperidine rings is 1. The van der Waals surface area contributed by atoms with E-state index < -0.39 is 10.4 Å². The van der Waals surface area contributed by atoms with Crippen LogP contribution in [0.25, 0.3) is 0 Å². The van der Waals surface area contributed by atoms with Crippen LogP contribution in [-0.4, -0.2) is 38.9 Å². The molecule has 2 saturated heterocycles. The summed E-state index contributed by atoms with van der Waals surface area (Å²) in [7, 11) is 0. The Bertz CT molecular complexity index is 244. The van der Waals surface area contributed by atoms with Gasteiger partial charge in [0.25, 0.3) is 5.91 Å². The molecule has 0 aromatic heterocycles. The zero-order valence-corrected chi connectivity index (χ0v) is 8.55. The monoisotopic (exact) mass is 223 g/mol. The quantitative estimate of drug-likeness (QED) is 0.621. The third-order valence-electron chi connectivity index (χ3n) is 2.83. The van der Waals surface area contributed by atoms with E-state index in [4.69, 9.17) is 23.2 Å². The van der Waals surface area contributed by atoms with Crippen molar-refractivity contribution >= 4 is 29.1 Å². The summed E-state index contributed by atoms with van der Waals surface area (Å²) in [6, 6.07) is -0.170. The van der Waals surface area contributed by atoms with E-state index in [9.17, 15) is 9.90 Å². The molecule has 0 radical (unpaired) electrons. The molecule has 0 saturated carbocycles. The third-order valence-corrected chi connectivity index (χ3v) is 3.60. The van der Waals surface area contributed by atoms with Gasteiger partial charge in [0.05, 0.1) is 6.04 Å². The molecule has 0 aromatic carbocycles. The Labute approximate surface area is 86.6 Å². The van der Waals surface area contributed by atoms with Crippen molar-refractivity contribution in [1.82, 2.24) is 4.90 Å². The molecule has 0 bridgehead atoms. The SMILES string of the molecule is O=C1N2CCCC[C@H]2[C@H](O)C1(Cl)Cl. The largest absolute Gasteiger partial charge is 0.387 e. The van der Waals surface area contributed by atoms with Gasteiger partial charge in [0.2, 0.25) is 4.33 Å². The molecular formula is C8H11Cl2NO2. The predicted molar refractivity (Wildman–Crippen MR) is 49.8 cm³/mol.